The summed E-state index contributed by atoms with van der Waals surface area (Å²) in [7, 11) is 2.04. The van der Waals surface area contributed by atoms with Gasteiger partial charge in [0.05, 0.1) is 11.6 Å². The molecule has 0 saturated carbocycles. The Morgan fingerprint density at radius 1 is 1.62 bits per heavy atom. The molecule has 1 aliphatic rings. The van der Waals surface area contributed by atoms with E-state index in [4.69, 9.17) is 5.26 Å². The van der Waals surface area contributed by atoms with Gasteiger partial charge in [-0.3, -0.25) is 0 Å². The van der Waals surface area contributed by atoms with E-state index in [1.54, 1.807) is 12.3 Å². The van der Waals surface area contributed by atoms with E-state index in [9.17, 15) is 0 Å². The molecule has 1 fully saturated rings. The highest BCUT2D eigenvalue weighted by Crippen LogP contribution is 2.17. The second kappa shape index (κ2) is 4.95. The van der Waals surface area contributed by atoms with Crippen molar-refractivity contribution in [2.45, 2.75) is 18.9 Å². The maximum absolute atomic E-state index is 8.85. The molecule has 2 rings (SSSR count). The maximum atomic E-state index is 8.85. The van der Waals surface area contributed by atoms with Crippen molar-refractivity contribution in [3.05, 3.63) is 23.9 Å². The number of aromatic nitrogens is 1. The van der Waals surface area contributed by atoms with E-state index in [-0.39, 0.29) is 0 Å². The van der Waals surface area contributed by atoms with E-state index in [2.05, 4.69) is 21.3 Å². The topological polar surface area (TPSA) is 52.0 Å². The summed E-state index contributed by atoms with van der Waals surface area (Å²) in [5.41, 5.74) is 0.667. The number of hydrogen-bond acceptors (Lipinski definition) is 4. The van der Waals surface area contributed by atoms with Crippen molar-refractivity contribution in [3.8, 4) is 6.07 Å². The van der Waals surface area contributed by atoms with Crippen LogP contribution in [0.2, 0.25) is 0 Å². The lowest BCUT2D eigenvalue weighted by Crippen LogP contribution is -2.44. The summed E-state index contributed by atoms with van der Waals surface area (Å²) in [6, 6.07) is 6.20. The van der Waals surface area contributed by atoms with Crippen molar-refractivity contribution in [2.75, 3.05) is 25.0 Å². The molecule has 2 heterocycles. The minimum atomic E-state index is 0.482. The summed E-state index contributed by atoms with van der Waals surface area (Å²) in [6.45, 7) is 2.10. The Balaban J connectivity index is 2.13. The highest BCUT2D eigenvalue weighted by atomic mass is 15.2. The van der Waals surface area contributed by atoms with Crippen LogP contribution in [-0.2, 0) is 0 Å². The second-order valence-electron chi connectivity index (χ2n) is 4.13. The Morgan fingerprint density at radius 3 is 3.19 bits per heavy atom. The van der Waals surface area contributed by atoms with Gasteiger partial charge in [0.15, 0.2) is 0 Å². The summed E-state index contributed by atoms with van der Waals surface area (Å²) < 4.78 is 0. The molecule has 0 spiro atoms. The zero-order valence-corrected chi connectivity index (χ0v) is 9.48. The fraction of sp³-hybridized carbons (Fsp3) is 0.500. The first kappa shape index (κ1) is 10.9. The Hall–Kier alpha value is -1.60. The van der Waals surface area contributed by atoms with Gasteiger partial charge in [0.1, 0.15) is 5.82 Å². The molecule has 0 radical (unpaired) electrons. The van der Waals surface area contributed by atoms with Crippen molar-refractivity contribution < 1.29 is 0 Å². The Morgan fingerprint density at radius 2 is 2.50 bits per heavy atom. The molecule has 0 amide bonds. The second-order valence-corrected chi connectivity index (χ2v) is 4.13. The van der Waals surface area contributed by atoms with Crippen molar-refractivity contribution in [1.82, 2.24) is 10.3 Å². The first-order valence-corrected chi connectivity index (χ1v) is 5.61. The van der Waals surface area contributed by atoms with Crippen LogP contribution in [0.5, 0.6) is 0 Å². The summed E-state index contributed by atoms with van der Waals surface area (Å²) in [6.07, 6.45) is 4.08. The zero-order valence-electron chi connectivity index (χ0n) is 9.48. The van der Waals surface area contributed by atoms with Crippen molar-refractivity contribution in [2.24, 2.45) is 0 Å². The molecule has 16 heavy (non-hydrogen) atoms. The third-order valence-electron chi connectivity index (χ3n) is 3.05. The monoisotopic (exact) mass is 216 g/mol. The lowest BCUT2D eigenvalue weighted by molar-refractivity contribution is 0.443. The van der Waals surface area contributed by atoms with E-state index in [0.29, 0.717) is 11.6 Å². The van der Waals surface area contributed by atoms with Gasteiger partial charge in [0, 0.05) is 25.8 Å². The van der Waals surface area contributed by atoms with Crippen LogP contribution in [0.4, 0.5) is 5.82 Å². The summed E-state index contributed by atoms with van der Waals surface area (Å²) in [4.78, 5) is 6.47. The van der Waals surface area contributed by atoms with Gasteiger partial charge in [0.2, 0.25) is 0 Å². The predicted octanol–water partition coefficient (Wildman–Crippen LogP) is 1.14. The molecule has 1 N–H and O–H groups in total. The number of anilines is 1. The molecule has 1 aromatic heterocycles. The van der Waals surface area contributed by atoms with Crippen molar-refractivity contribution >= 4 is 5.82 Å². The van der Waals surface area contributed by atoms with E-state index in [1.165, 1.54) is 12.8 Å². The first-order chi connectivity index (χ1) is 7.81. The average molecular weight is 216 g/mol. The van der Waals surface area contributed by atoms with Crippen LogP contribution in [-0.4, -0.2) is 31.2 Å². The molecule has 4 heteroatoms. The van der Waals surface area contributed by atoms with E-state index in [1.807, 2.05) is 13.1 Å². The molecule has 1 saturated heterocycles. The number of hydrogen-bond donors (Lipinski definition) is 1. The van der Waals surface area contributed by atoms with Crippen LogP contribution in [0, 0.1) is 11.3 Å². The number of nitrogens with zero attached hydrogens (tertiary/aromatic N) is 3. The van der Waals surface area contributed by atoms with Gasteiger partial charge in [-0.2, -0.15) is 5.26 Å². The van der Waals surface area contributed by atoms with Crippen LogP contribution < -0.4 is 10.2 Å². The van der Waals surface area contributed by atoms with Gasteiger partial charge in [-0.25, -0.2) is 4.98 Å². The predicted molar refractivity (Wildman–Crippen MR) is 63.2 cm³/mol. The third kappa shape index (κ3) is 2.31. The normalized spacial score (nSPS) is 20.1. The SMILES string of the molecule is CN(c1cc(C#N)ccn1)[C@@H]1CCCNC1. The quantitative estimate of drug-likeness (QED) is 0.805. The average Bonchev–Trinajstić information content (AvgIpc) is 2.39. The third-order valence-corrected chi connectivity index (χ3v) is 3.05. The molecule has 0 bridgehead atoms. The standard InChI is InChI=1S/C12H16N4/c1-16(11-3-2-5-14-9-11)12-7-10(8-13)4-6-15-12/h4,6-7,11,14H,2-3,5,9H2,1H3/t11-/m1/s1. The molecule has 0 unspecified atom stereocenters. The molecule has 0 aromatic carbocycles. The largest absolute Gasteiger partial charge is 0.355 e. The zero-order chi connectivity index (χ0) is 11.4. The van der Waals surface area contributed by atoms with Crippen molar-refractivity contribution in [1.29, 1.82) is 5.26 Å². The fourth-order valence-corrected chi connectivity index (χ4v) is 2.03. The lowest BCUT2D eigenvalue weighted by Gasteiger charge is -2.32. The molecule has 4 nitrogen and oxygen atoms in total. The summed E-state index contributed by atoms with van der Waals surface area (Å²) in [5.74, 6) is 0.882. The van der Waals surface area contributed by atoms with Gasteiger partial charge < -0.3 is 10.2 Å². The maximum Gasteiger partial charge on any atom is 0.129 e. The van der Waals surface area contributed by atoms with Gasteiger partial charge in [-0.05, 0) is 31.5 Å². The van der Waals surface area contributed by atoms with Gasteiger partial charge in [0.25, 0.3) is 0 Å². The van der Waals surface area contributed by atoms with Crippen molar-refractivity contribution in [3.63, 3.8) is 0 Å². The molecule has 1 aromatic rings. The smallest absolute Gasteiger partial charge is 0.129 e. The summed E-state index contributed by atoms with van der Waals surface area (Å²) >= 11 is 0. The lowest BCUT2D eigenvalue weighted by atomic mass is 10.1. The van der Waals surface area contributed by atoms with Gasteiger partial charge in [-0.15, -0.1) is 0 Å². The minimum Gasteiger partial charge on any atom is -0.355 e. The Kier molecular flexibility index (Phi) is 3.37. The van der Waals surface area contributed by atoms with Gasteiger partial charge in [-0.1, -0.05) is 0 Å². The number of rotatable bonds is 2. The van der Waals surface area contributed by atoms with Crippen LogP contribution in [0.15, 0.2) is 18.3 Å². The summed E-state index contributed by atoms with van der Waals surface area (Å²) in [5, 5.41) is 12.2. The fourth-order valence-electron chi connectivity index (χ4n) is 2.03. The first-order valence-electron chi connectivity index (χ1n) is 5.61. The number of piperidine rings is 1. The highest BCUT2D eigenvalue weighted by molar-refractivity contribution is 5.45. The van der Waals surface area contributed by atoms with E-state index >= 15 is 0 Å². The van der Waals surface area contributed by atoms with E-state index in [0.717, 1.165) is 18.9 Å². The van der Waals surface area contributed by atoms with Crippen LogP contribution in [0.3, 0.4) is 0 Å². The number of likely N-dealkylation sites (N-methyl/N-ethyl adjacent to an activating group) is 1. The van der Waals surface area contributed by atoms with Crippen LogP contribution in [0.25, 0.3) is 0 Å². The number of pyridine rings is 1. The number of nitriles is 1. The molecular formula is C12H16N4. The minimum absolute atomic E-state index is 0.482. The number of nitrogens with one attached hydrogen (secondary N) is 1. The Bertz CT molecular complexity index is 390. The van der Waals surface area contributed by atoms with Gasteiger partial charge >= 0.3 is 0 Å². The molecule has 1 atom stereocenters. The molecule has 1 aliphatic heterocycles. The molecule has 84 valence electrons. The van der Waals surface area contributed by atoms with Crippen LogP contribution >= 0.6 is 0 Å². The Labute approximate surface area is 95.9 Å². The highest BCUT2D eigenvalue weighted by Gasteiger charge is 2.18. The van der Waals surface area contributed by atoms with Crippen LogP contribution in [0.1, 0.15) is 18.4 Å². The molecule has 0 aliphatic carbocycles. The van der Waals surface area contributed by atoms with E-state index < -0.39 is 0 Å². The molecular weight excluding hydrogens is 200 g/mol.